The summed E-state index contributed by atoms with van der Waals surface area (Å²) in [5.74, 6) is 4.71. The molecular weight excluding hydrogens is 979 g/mol. The van der Waals surface area contributed by atoms with Gasteiger partial charge in [0.25, 0.3) is 0 Å². The van der Waals surface area contributed by atoms with E-state index in [0.717, 1.165) is 35.9 Å². The maximum absolute atomic E-state index is 13.0. The molecule has 0 radical (unpaired) electrons. The van der Waals surface area contributed by atoms with Crippen molar-refractivity contribution < 1.29 is 78.8 Å². The maximum Gasteiger partial charge on any atom is 0.490 e. The van der Waals surface area contributed by atoms with Gasteiger partial charge in [-0.1, -0.05) is 11.8 Å². The average Bonchev–Trinajstić information content (AvgIpc) is 3.58. The molecule has 3 unspecified atom stereocenters. The van der Waals surface area contributed by atoms with Gasteiger partial charge in [0, 0.05) is 66.5 Å². The van der Waals surface area contributed by atoms with Gasteiger partial charge in [-0.05, 0) is 57.7 Å². The summed E-state index contributed by atoms with van der Waals surface area (Å²) in [7, 11) is -21.5. The van der Waals surface area contributed by atoms with E-state index in [-0.39, 0.29) is 36.7 Å². The van der Waals surface area contributed by atoms with Crippen molar-refractivity contribution in [3.8, 4) is 23.3 Å². The average molecular weight is 1030 g/mol. The van der Waals surface area contributed by atoms with Crippen molar-refractivity contribution >= 4 is 56.7 Å². The Hall–Kier alpha value is -4.41. The minimum Gasteiger partial charge on any atom is -0.748 e. The van der Waals surface area contributed by atoms with Gasteiger partial charge in [0.15, 0.2) is 11.5 Å². The van der Waals surface area contributed by atoms with E-state index in [2.05, 4.69) is 51.7 Å². The zero-order chi connectivity index (χ0) is 49.6. The Labute approximate surface area is 388 Å². The molecule has 4 aliphatic heterocycles. The summed E-state index contributed by atoms with van der Waals surface area (Å²) in [6, 6.07) is 7.68. The topological polar surface area (TPSA) is 364 Å². The number of ether oxygens (including phenoxy) is 2. The lowest BCUT2D eigenvalue weighted by molar-refractivity contribution is -0.120. The monoisotopic (exact) mass is 1030 g/mol. The molecule has 25 nitrogen and oxygen atoms in total. The van der Waals surface area contributed by atoms with Gasteiger partial charge in [0.2, 0.25) is 11.3 Å². The molecule has 6 atom stereocenters. The number of carbonyl (C=O) groups excluding carboxylic acids is 1. The fourth-order valence-corrected chi connectivity index (χ4v) is 12.6. The number of anilines is 2. The van der Waals surface area contributed by atoms with E-state index < -0.39 is 81.5 Å². The summed E-state index contributed by atoms with van der Waals surface area (Å²) < 4.78 is 98.1. The highest BCUT2D eigenvalue weighted by Gasteiger charge is 2.44. The van der Waals surface area contributed by atoms with Gasteiger partial charge >= 0.3 is 29.2 Å². The summed E-state index contributed by atoms with van der Waals surface area (Å²) in [6.45, 7) is 7.05. The standard InChI is InChI=1S/C39H50N7O18P3S/c1-4-44-12-6-9-23-14-27-32(16-29(23)44)61-33-17-30-26(15-28(33)42-27)25(22-68(57,58)59)19-39(2,3)46(30)13-7-10-35(48)41-11-5-8-24-20-45(38(49)43-37(24)40)36-18-31(47)34(62-36)21-60-66(53,54)64-67(55,56)63-65(50,51)52/h14-17,20,25,31,34,36,47H,4,6-7,9-13,18-19,21-22H2,1-3H3,(H7-,40,41,43,48,49,50,51,52,53,54,55,56,57,58,59)/t25?,31-,34+,36+/m0/s1. The predicted octanol–water partition coefficient (Wildman–Crippen LogP) is 0.897. The zero-order valence-corrected chi connectivity index (χ0v) is 40.3. The number of rotatable bonds is 16. The number of nitrogens with two attached hydrogens (primary N) is 1. The second kappa shape index (κ2) is 19.8. The first-order valence-corrected chi connectivity index (χ1v) is 27.3. The van der Waals surface area contributed by atoms with Crippen LogP contribution in [0.15, 0.2) is 40.2 Å². The molecule has 29 heteroatoms. The van der Waals surface area contributed by atoms with E-state index in [1.54, 1.807) is 6.07 Å². The van der Waals surface area contributed by atoms with Gasteiger partial charge in [-0.15, -0.1) is 0 Å². The number of hydrogen-bond acceptors (Lipinski definition) is 18. The molecule has 370 valence electrons. The van der Waals surface area contributed by atoms with E-state index in [0.29, 0.717) is 53.2 Å². The van der Waals surface area contributed by atoms with Gasteiger partial charge < -0.3 is 54.7 Å². The lowest BCUT2D eigenvalue weighted by Gasteiger charge is -2.48. The third kappa shape index (κ3) is 12.5. The number of phosphoric ester groups is 1. The molecule has 1 fully saturated rings. The molecular formula is C39H50N7O18P3S. The smallest absolute Gasteiger partial charge is 0.490 e. The lowest BCUT2D eigenvalue weighted by atomic mass is 9.79. The number of amides is 1. The van der Waals surface area contributed by atoms with Crippen LogP contribution in [0.1, 0.15) is 81.7 Å². The van der Waals surface area contributed by atoms with Crippen LogP contribution in [0.3, 0.4) is 0 Å². The number of hydrogen-bond donors (Lipinski definition) is 7. The van der Waals surface area contributed by atoms with Crippen molar-refractivity contribution in [2.75, 3.05) is 49.2 Å². The van der Waals surface area contributed by atoms with E-state index >= 15 is 0 Å². The van der Waals surface area contributed by atoms with Crippen LogP contribution >= 0.6 is 23.5 Å². The van der Waals surface area contributed by atoms with Gasteiger partial charge in [-0.3, -0.25) is 13.9 Å². The number of nitrogens with zero attached hydrogens (tertiary/aromatic N) is 5. The highest BCUT2D eigenvalue weighted by molar-refractivity contribution is 7.85. The van der Waals surface area contributed by atoms with E-state index in [4.69, 9.17) is 30.0 Å². The van der Waals surface area contributed by atoms with Crippen LogP contribution in [0.5, 0.6) is 11.5 Å². The molecule has 0 spiro atoms. The molecule has 8 N–H and O–H groups in total. The summed E-state index contributed by atoms with van der Waals surface area (Å²) in [5, 5.41) is 15.0. The number of aliphatic hydroxyl groups excluding tert-OH is 1. The predicted molar refractivity (Wildman–Crippen MR) is 238 cm³/mol. The minimum absolute atomic E-state index is 0.0347. The van der Waals surface area contributed by atoms with Gasteiger partial charge in [-0.2, -0.15) is 13.6 Å². The highest BCUT2D eigenvalue weighted by atomic mass is 32.2. The molecule has 0 saturated carbocycles. The van der Waals surface area contributed by atoms with Crippen LogP contribution in [-0.2, 0) is 52.9 Å². The molecule has 3 aromatic rings. The number of carbonyl (C=O) groups is 1. The van der Waals surface area contributed by atoms with Gasteiger partial charge in [0.05, 0.1) is 41.0 Å². The molecule has 7 rings (SSSR count). The first-order chi connectivity index (χ1) is 31.7. The number of aliphatic hydroxyl groups is 1. The van der Waals surface area contributed by atoms with Crippen LogP contribution in [0.4, 0.5) is 17.2 Å². The van der Waals surface area contributed by atoms with Gasteiger partial charge in [-0.25, -0.2) is 36.5 Å². The number of aromatic nitrogens is 2. The Morgan fingerprint density at radius 1 is 1.12 bits per heavy atom. The number of fused-ring (bicyclic) bond motifs is 4. The molecule has 1 saturated heterocycles. The third-order valence-electron chi connectivity index (χ3n) is 11.6. The molecule has 0 bridgehead atoms. The number of nitrogen functional groups attached to an aromatic ring is 1. The van der Waals surface area contributed by atoms with Crippen LogP contribution in [0.2, 0.25) is 0 Å². The molecule has 5 heterocycles. The van der Waals surface area contributed by atoms with Crippen molar-refractivity contribution in [1.82, 2.24) is 19.4 Å². The largest absolute Gasteiger partial charge is 0.748 e. The first-order valence-electron chi connectivity index (χ1n) is 21.2. The normalized spacial score (nSPS) is 22.4. The van der Waals surface area contributed by atoms with Crippen LogP contribution < -0.4 is 41.7 Å². The molecule has 1 amide bonds. The summed E-state index contributed by atoms with van der Waals surface area (Å²) in [5.41, 5.74) is 7.43. The summed E-state index contributed by atoms with van der Waals surface area (Å²) in [6.07, 6.45) is -0.506. The molecule has 2 aromatic carbocycles. The van der Waals surface area contributed by atoms with E-state index in [1.807, 2.05) is 32.0 Å². The first kappa shape index (κ1) is 51.4. The molecule has 0 aliphatic carbocycles. The minimum atomic E-state index is -5.79. The van der Waals surface area contributed by atoms with Crippen molar-refractivity contribution in [2.45, 2.75) is 89.2 Å². The number of aryl methyl sites for hydroxylation is 1. The van der Waals surface area contributed by atoms with E-state index in [9.17, 15) is 51.1 Å². The third-order valence-corrected chi connectivity index (χ3v) is 16.2. The van der Waals surface area contributed by atoms with Crippen molar-refractivity contribution in [3.63, 3.8) is 0 Å². The Morgan fingerprint density at radius 3 is 2.57 bits per heavy atom. The highest BCUT2D eigenvalue weighted by Crippen LogP contribution is 2.66. The molecule has 68 heavy (non-hydrogen) atoms. The van der Waals surface area contributed by atoms with Crippen molar-refractivity contribution in [3.05, 3.63) is 68.4 Å². The SMILES string of the molecule is CC[N+]1=c2cc3c(cc2CCC1)=Nc1cc2c(cc1O3)N(CCCC(=O)NCC#Cc1cn([C@H]3C[C@H](O)[C@@H](COP(=O)(O)OP(=O)(O)OP(=O)(O)O)O3)c(=O)nc1N)C(C)(C)CC2CS(=O)(=O)[O-]. The van der Waals surface area contributed by atoms with Crippen LogP contribution in [-0.4, -0.2) is 109 Å². The maximum atomic E-state index is 13.0. The Morgan fingerprint density at radius 2 is 1.87 bits per heavy atom. The van der Waals surface area contributed by atoms with E-state index in [1.165, 1.54) is 11.8 Å². The van der Waals surface area contributed by atoms with Crippen LogP contribution in [0, 0.1) is 11.8 Å². The molecule has 1 aromatic heterocycles. The van der Waals surface area contributed by atoms with Crippen molar-refractivity contribution in [2.24, 2.45) is 4.99 Å². The Bertz CT molecular complexity index is 3030. The number of benzene rings is 2. The number of phosphoric acid groups is 3. The summed E-state index contributed by atoms with van der Waals surface area (Å²) in [4.78, 5) is 73.0. The second-order valence-electron chi connectivity index (χ2n) is 17.0. The van der Waals surface area contributed by atoms with Crippen LogP contribution in [0.25, 0.3) is 0 Å². The fraction of sp³-hybridized carbons (Fsp3) is 0.513. The Balaban J connectivity index is 0.982. The second-order valence-corrected chi connectivity index (χ2v) is 22.9. The quantitative estimate of drug-likeness (QED) is 0.0355. The fourth-order valence-electron chi connectivity index (χ4n) is 8.75. The number of nitrogens with one attached hydrogen (secondary N) is 1. The Kier molecular flexibility index (Phi) is 15.0. The molecule has 4 aliphatic rings. The lowest BCUT2D eigenvalue weighted by Crippen LogP contribution is -2.50. The van der Waals surface area contributed by atoms with Gasteiger partial charge in [0.1, 0.15) is 42.3 Å². The zero-order valence-electron chi connectivity index (χ0n) is 36.8. The summed E-state index contributed by atoms with van der Waals surface area (Å²) >= 11 is 0. The van der Waals surface area contributed by atoms with Crippen molar-refractivity contribution in [1.29, 1.82) is 0 Å².